The minimum absolute atomic E-state index is 0.896. The summed E-state index contributed by atoms with van der Waals surface area (Å²) in [7, 11) is 0. The summed E-state index contributed by atoms with van der Waals surface area (Å²) in [6.07, 6.45) is 1.86. The lowest BCUT2D eigenvalue weighted by Gasteiger charge is -2.14. The molecule has 0 N–H and O–H groups in total. The SMILES string of the molecule is c1ccc(-c2ccc(-c3nc(-c4ccccc4)c4c5ccccc5c5ccc6c(c7ccccc7n6-c6ccccn6)c5n34)cc2)cc1. The fourth-order valence-corrected chi connectivity index (χ4v) is 7.47. The molecule has 6 aromatic carbocycles. The molecule has 0 radical (unpaired) electrons. The van der Waals surface area contributed by atoms with Gasteiger partial charge in [0.2, 0.25) is 0 Å². The van der Waals surface area contributed by atoms with E-state index < -0.39 is 0 Å². The van der Waals surface area contributed by atoms with Crippen molar-refractivity contribution in [3.63, 3.8) is 0 Å². The van der Waals surface area contributed by atoms with Crippen molar-refractivity contribution in [1.82, 2.24) is 18.9 Å². The fourth-order valence-electron chi connectivity index (χ4n) is 7.47. The van der Waals surface area contributed by atoms with Crippen LogP contribution in [-0.4, -0.2) is 18.9 Å². The Balaban J connectivity index is 1.41. The van der Waals surface area contributed by atoms with E-state index in [-0.39, 0.29) is 0 Å². The fraction of sp³-hybridized carbons (Fsp3) is 0. The highest BCUT2D eigenvalue weighted by molar-refractivity contribution is 6.27. The molecule has 10 rings (SSSR count). The van der Waals surface area contributed by atoms with Crippen molar-refractivity contribution in [2.24, 2.45) is 0 Å². The molecule has 0 unspecified atom stereocenters. The Kier molecular flexibility index (Phi) is 5.84. The quantitative estimate of drug-likeness (QED) is 0.185. The van der Waals surface area contributed by atoms with Gasteiger partial charge in [-0.1, -0.05) is 140 Å². The lowest BCUT2D eigenvalue weighted by atomic mass is 9.99. The Bertz CT molecular complexity index is 2800. The zero-order valence-corrected chi connectivity index (χ0v) is 26.0. The Labute approximate surface area is 276 Å². The second-order valence-electron chi connectivity index (χ2n) is 12.2. The van der Waals surface area contributed by atoms with Crippen LogP contribution in [-0.2, 0) is 0 Å². The molecule has 4 aromatic heterocycles. The van der Waals surface area contributed by atoms with Crippen LogP contribution in [0.1, 0.15) is 0 Å². The van der Waals surface area contributed by atoms with Gasteiger partial charge in [0.15, 0.2) is 0 Å². The van der Waals surface area contributed by atoms with Gasteiger partial charge in [-0.3, -0.25) is 8.97 Å². The molecule has 10 aromatic rings. The van der Waals surface area contributed by atoms with E-state index in [0.717, 1.165) is 50.5 Å². The van der Waals surface area contributed by atoms with Gasteiger partial charge in [0.05, 0.1) is 27.8 Å². The summed E-state index contributed by atoms with van der Waals surface area (Å²) in [4.78, 5) is 10.3. The highest BCUT2D eigenvalue weighted by Gasteiger charge is 2.24. The first-order chi connectivity index (χ1) is 23.8. The molecule has 224 valence electrons. The molecular weight excluding hydrogens is 585 g/mol. The average Bonchev–Trinajstić information content (AvgIpc) is 3.73. The van der Waals surface area contributed by atoms with Crippen molar-refractivity contribution in [3.8, 4) is 39.6 Å². The Morgan fingerprint density at radius 1 is 0.396 bits per heavy atom. The van der Waals surface area contributed by atoms with E-state index in [0.29, 0.717) is 0 Å². The van der Waals surface area contributed by atoms with Gasteiger partial charge in [-0.25, -0.2) is 9.97 Å². The minimum atomic E-state index is 0.896. The maximum absolute atomic E-state index is 5.53. The van der Waals surface area contributed by atoms with Crippen LogP contribution in [0.4, 0.5) is 0 Å². The highest BCUT2D eigenvalue weighted by atomic mass is 15.1. The van der Waals surface area contributed by atoms with Crippen LogP contribution in [0.3, 0.4) is 0 Å². The monoisotopic (exact) mass is 612 g/mol. The van der Waals surface area contributed by atoms with Crippen molar-refractivity contribution in [1.29, 1.82) is 0 Å². The van der Waals surface area contributed by atoms with Crippen LogP contribution >= 0.6 is 0 Å². The van der Waals surface area contributed by atoms with Crippen molar-refractivity contribution in [2.75, 3.05) is 0 Å². The predicted octanol–water partition coefficient (Wildman–Crippen LogP) is 11.1. The summed E-state index contributed by atoms with van der Waals surface area (Å²) < 4.78 is 4.71. The van der Waals surface area contributed by atoms with Crippen LogP contribution in [0, 0.1) is 0 Å². The number of fused-ring (bicyclic) bond motifs is 10. The molecule has 4 nitrogen and oxygen atoms in total. The van der Waals surface area contributed by atoms with Crippen LogP contribution in [0.5, 0.6) is 0 Å². The lowest BCUT2D eigenvalue weighted by Crippen LogP contribution is -1.98. The molecule has 4 heteroatoms. The van der Waals surface area contributed by atoms with Crippen LogP contribution in [0.25, 0.3) is 88.6 Å². The molecule has 48 heavy (non-hydrogen) atoms. The second-order valence-corrected chi connectivity index (χ2v) is 12.2. The maximum atomic E-state index is 5.53. The zero-order chi connectivity index (χ0) is 31.6. The van der Waals surface area contributed by atoms with Crippen LogP contribution < -0.4 is 0 Å². The van der Waals surface area contributed by atoms with E-state index in [1.54, 1.807) is 0 Å². The van der Waals surface area contributed by atoms with Gasteiger partial charge >= 0.3 is 0 Å². The van der Waals surface area contributed by atoms with Gasteiger partial charge in [-0.05, 0) is 40.8 Å². The smallest absolute Gasteiger partial charge is 0.145 e. The molecule has 0 saturated carbocycles. The number of aromatic nitrogens is 4. The normalized spacial score (nSPS) is 11.8. The predicted molar refractivity (Wildman–Crippen MR) is 199 cm³/mol. The van der Waals surface area contributed by atoms with Gasteiger partial charge in [0.25, 0.3) is 0 Å². The zero-order valence-electron chi connectivity index (χ0n) is 26.0. The molecule has 0 atom stereocenters. The molecule has 0 aliphatic heterocycles. The van der Waals surface area contributed by atoms with Gasteiger partial charge in [-0.15, -0.1) is 0 Å². The molecule has 4 heterocycles. The Hall–Kier alpha value is -6.52. The summed E-state index contributed by atoms with van der Waals surface area (Å²) in [6.45, 7) is 0. The third kappa shape index (κ3) is 3.90. The van der Waals surface area contributed by atoms with E-state index in [4.69, 9.17) is 9.97 Å². The van der Waals surface area contributed by atoms with Crippen molar-refractivity contribution in [3.05, 3.63) is 170 Å². The number of benzene rings is 6. The van der Waals surface area contributed by atoms with Crippen molar-refractivity contribution in [2.45, 2.75) is 0 Å². The first-order valence-corrected chi connectivity index (χ1v) is 16.3. The Morgan fingerprint density at radius 2 is 1.00 bits per heavy atom. The summed E-state index contributed by atoms with van der Waals surface area (Å²) in [5.74, 6) is 1.81. The molecule has 0 amide bonds. The number of para-hydroxylation sites is 1. The summed E-state index contributed by atoms with van der Waals surface area (Å²) in [5, 5.41) is 5.94. The summed E-state index contributed by atoms with van der Waals surface area (Å²) >= 11 is 0. The number of rotatable bonds is 4. The van der Waals surface area contributed by atoms with Crippen LogP contribution in [0.2, 0.25) is 0 Å². The van der Waals surface area contributed by atoms with E-state index in [1.807, 2.05) is 12.3 Å². The van der Waals surface area contributed by atoms with Gasteiger partial charge in [0, 0.05) is 38.9 Å². The maximum Gasteiger partial charge on any atom is 0.145 e. The molecule has 0 aliphatic rings. The largest absolute Gasteiger partial charge is 0.294 e. The first kappa shape index (κ1) is 26.7. The average molecular weight is 613 g/mol. The van der Waals surface area contributed by atoms with Crippen molar-refractivity contribution < 1.29 is 0 Å². The van der Waals surface area contributed by atoms with Gasteiger partial charge in [0.1, 0.15) is 11.6 Å². The molecule has 0 aliphatic carbocycles. The van der Waals surface area contributed by atoms with Gasteiger partial charge in [-0.2, -0.15) is 0 Å². The van der Waals surface area contributed by atoms with Crippen LogP contribution in [0.15, 0.2) is 170 Å². The minimum Gasteiger partial charge on any atom is -0.294 e. The summed E-state index contributed by atoms with van der Waals surface area (Å²) in [6, 6.07) is 58.0. The molecule has 0 fully saturated rings. The number of hydrogen-bond donors (Lipinski definition) is 0. The highest BCUT2D eigenvalue weighted by Crippen LogP contribution is 2.44. The third-order valence-electron chi connectivity index (χ3n) is 9.56. The van der Waals surface area contributed by atoms with E-state index in [1.165, 1.54) is 38.1 Å². The third-order valence-corrected chi connectivity index (χ3v) is 9.56. The molecule has 0 bridgehead atoms. The number of pyridine rings is 2. The molecular formula is C44H28N4. The number of hydrogen-bond acceptors (Lipinski definition) is 2. The Morgan fingerprint density at radius 3 is 1.75 bits per heavy atom. The van der Waals surface area contributed by atoms with E-state index in [2.05, 4.69) is 167 Å². The lowest BCUT2D eigenvalue weighted by molar-refractivity contribution is 1.08. The van der Waals surface area contributed by atoms with E-state index in [9.17, 15) is 0 Å². The number of imidazole rings is 1. The van der Waals surface area contributed by atoms with E-state index >= 15 is 0 Å². The molecule has 0 spiro atoms. The topological polar surface area (TPSA) is 35.1 Å². The standard InChI is InChI=1S/C44H28N4/c1-3-13-29(14-4-1)30-22-24-32(25-23-30)44-46-41(31-15-5-2-6-16-31)43-34-18-8-7-17-33(34)35-26-27-38-40(42(35)48(43)44)36-19-9-10-20-37(36)47(38)39-21-11-12-28-45-39/h1-28H. The van der Waals surface area contributed by atoms with Gasteiger partial charge < -0.3 is 0 Å². The summed E-state index contributed by atoms with van der Waals surface area (Å²) in [5.41, 5.74) is 9.99. The first-order valence-electron chi connectivity index (χ1n) is 16.3. The van der Waals surface area contributed by atoms with Crippen molar-refractivity contribution >= 4 is 49.0 Å². The molecule has 0 saturated heterocycles. The second kappa shape index (κ2) is 10.5. The number of nitrogens with zero attached hydrogens (tertiary/aromatic N) is 4.